The molecule has 21 heavy (non-hydrogen) atoms. The Bertz CT molecular complexity index is 597. The van der Waals surface area contributed by atoms with Gasteiger partial charge in [0.05, 0.1) is 12.7 Å². The van der Waals surface area contributed by atoms with Crippen molar-refractivity contribution in [2.75, 3.05) is 0 Å². The molecule has 0 aliphatic heterocycles. The highest BCUT2D eigenvalue weighted by molar-refractivity contribution is 9.10. The Kier molecular flexibility index (Phi) is 4.45. The fourth-order valence-corrected chi connectivity index (χ4v) is 2.87. The summed E-state index contributed by atoms with van der Waals surface area (Å²) in [6.45, 7) is 6.15. The number of aromatic nitrogens is 2. The van der Waals surface area contributed by atoms with E-state index in [4.69, 9.17) is 0 Å². The zero-order chi connectivity index (χ0) is 14.8. The molecular weight excluding hydrogens is 326 g/mol. The van der Waals surface area contributed by atoms with E-state index in [2.05, 4.69) is 69.1 Å². The average molecular weight is 348 g/mol. The van der Waals surface area contributed by atoms with E-state index in [1.54, 1.807) is 0 Å². The summed E-state index contributed by atoms with van der Waals surface area (Å²) in [4.78, 5) is 0. The third-order valence-corrected chi connectivity index (χ3v) is 4.40. The highest BCUT2D eigenvalue weighted by Crippen LogP contribution is 2.41. The maximum Gasteiger partial charge on any atom is 0.0662 e. The Hall–Kier alpha value is -1.13. The van der Waals surface area contributed by atoms with Gasteiger partial charge in [-0.25, -0.2) is 0 Å². The van der Waals surface area contributed by atoms with Crippen LogP contribution in [-0.2, 0) is 13.1 Å². The molecule has 3 nitrogen and oxygen atoms in total. The normalized spacial score (nSPS) is 14.9. The van der Waals surface area contributed by atoms with Crippen molar-refractivity contribution in [3.05, 3.63) is 51.8 Å². The van der Waals surface area contributed by atoms with Gasteiger partial charge in [0.15, 0.2) is 0 Å². The monoisotopic (exact) mass is 347 g/mol. The molecule has 1 aromatic heterocycles. The molecule has 1 N–H and O–H groups in total. The largest absolute Gasteiger partial charge is 0.310 e. The molecule has 0 amide bonds. The predicted octanol–water partition coefficient (Wildman–Crippen LogP) is 4.07. The summed E-state index contributed by atoms with van der Waals surface area (Å²) in [5.74, 6) is 0.715. The van der Waals surface area contributed by atoms with Gasteiger partial charge in [-0.15, -0.1) is 0 Å². The van der Waals surface area contributed by atoms with E-state index >= 15 is 0 Å². The van der Waals surface area contributed by atoms with Crippen LogP contribution in [-0.4, -0.2) is 15.8 Å². The molecule has 4 heteroatoms. The van der Waals surface area contributed by atoms with Crippen LogP contribution >= 0.6 is 15.9 Å². The van der Waals surface area contributed by atoms with Crippen LogP contribution in [0.25, 0.3) is 0 Å². The van der Waals surface area contributed by atoms with Gasteiger partial charge >= 0.3 is 0 Å². The Balaban J connectivity index is 1.79. The van der Waals surface area contributed by atoms with Crippen LogP contribution in [0.2, 0.25) is 0 Å². The van der Waals surface area contributed by atoms with Crippen LogP contribution in [0.5, 0.6) is 0 Å². The van der Waals surface area contributed by atoms with Gasteiger partial charge in [-0.3, -0.25) is 4.68 Å². The summed E-state index contributed by atoms with van der Waals surface area (Å²) in [7, 11) is 0. The van der Waals surface area contributed by atoms with E-state index in [1.165, 1.54) is 29.7 Å². The maximum absolute atomic E-state index is 4.64. The van der Waals surface area contributed by atoms with Gasteiger partial charge in [-0.1, -0.05) is 41.9 Å². The van der Waals surface area contributed by atoms with E-state index in [-0.39, 0.29) is 0 Å². The molecule has 1 aliphatic carbocycles. The molecule has 112 valence electrons. The van der Waals surface area contributed by atoms with Crippen molar-refractivity contribution >= 4 is 15.9 Å². The van der Waals surface area contributed by atoms with Crippen molar-refractivity contribution in [2.24, 2.45) is 0 Å². The number of nitrogens with one attached hydrogen (secondary N) is 1. The van der Waals surface area contributed by atoms with Crippen molar-refractivity contribution in [1.29, 1.82) is 0 Å². The minimum Gasteiger partial charge on any atom is -0.310 e. The van der Waals surface area contributed by atoms with Gasteiger partial charge in [0, 0.05) is 34.2 Å². The summed E-state index contributed by atoms with van der Waals surface area (Å²) in [6, 6.07) is 9.02. The Morgan fingerprint density at radius 1 is 1.29 bits per heavy atom. The average Bonchev–Trinajstić information content (AvgIpc) is 3.21. The summed E-state index contributed by atoms with van der Waals surface area (Å²) >= 11 is 3.49. The molecule has 2 aromatic rings. The topological polar surface area (TPSA) is 29.9 Å². The zero-order valence-electron chi connectivity index (χ0n) is 12.6. The minimum absolute atomic E-state index is 0.506. The molecule has 0 radical (unpaired) electrons. The van der Waals surface area contributed by atoms with Gasteiger partial charge in [0.25, 0.3) is 0 Å². The van der Waals surface area contributed by atoms with Crippen molar-refractivity contribution in [2.45, 2.75) is 51.7 Å². The second-order valence-electron chi connectivity index (χ2n) is 6.15. The number of halogens is 1. The van der Waals surface area contributed by atoms with Crippen LogP contribution in [0.1, 0.15) is 49.4 Å². The number of rotatable bonds is 6. The minimum atomic E-state index is 0.506. The third-order valence-electron chi connectivity index (χ3n) is 3.87. The lowest BCUT2D eigenvalue weighted by atomic mass is 10.1. The number of hydrogen-bond donors (Lipinski definition) is 1. The number of nitrogens with zero attached hydrogens (tertiary/aromatic N) is 2. The Morgan fingerprint density at radius 2 is 2.00 bits per heavy atom. The van der Waals surface area contributed by atoms with Gasteiger partial charge in [0.2, 0.25) is 0 Å². The van der Waals surface area contributed by atoms with Crippen LogP contribution < -0.4 is 5.32 Å². The summed E-state index contributed by atoms with van der Waals surface area (Å²) in [5, 5.41) is 8.15. The van der Waals surface area contributed by atoms with E-state index in [1.807, 2.05) is 6.20 Å². The summed E-state index contributed by atoms with van der Waals surface area (Å²) in [5.41, 5.74) is 4.10. The smallest absolute Gasteiger partial charge is 0.0662 e. The Morgan fingerprint density at radius 3 is 2.62 bits per heavy atom. The van der Waals surface area contributed by atoms with Crippen molar-refractivity contribution in [1.82, 2.24) is 15.1 Å². The first-order valence-corrected chi connectivity index (χ1v) is 8.45. The first-order valence-electron chi connectivity index (χ1n) is 7.66. The molecule has 1 heterocycles. The predicted molar refractivity (Wildman–Crippen MR) is 89.4 cm³/mol. The van der Waals surface area contributed by atoms with E-state index in [0.29, 0.717) is 12.0 Å². The molecule has 0 unspecified atom stereocenters. The van der Waals surface area contributed by atoms with Crippen molar-refractivity contribution in [3.8, 4) is 0 Å². The van der Waals surface area contributed by atoms with Gasteiger partial charge in [-0.05, 0) is 30.5 Å². The van der Waals surface area contributed by atoms with Crippen LogP contribution in [0.3, 0.4) is 0 Å². The van der Waals surface area contributed by atoms with Crippen molar-refractivity contribution in [3.63, 3.8) is 0 Å². The van der Waals surface area contributed by atoms with Gasteiger partial charge in [-0.2, -0.15) is 5.10 Å². The molecule has 0 saturated heterocycles. The SMILES string of the molecule is CC(C)NCc1cnn(Cc2ccc(Br)cc2)c1C1CC1. The maximum atomic E-state index is 4.64. The van der Waals surface area contributed by atoms with Gasteiger partial charge < -0.3 is 5.32 Å². The molecule has 0 atom stereocenters. The highest BCUT2D eigenvalue weighted by Gasteiger charge is 2.30. The first-order chi connectivity index (χ1) is 10.1. The molecule has 1 saturated carbocycles. The zero-order valence-corrected chi connectivity index (χ0v) is 14.2. The van der Waals surface area contributed by atoms with E-state index < -0.39 is 0 Å². The molecule has 3 rings (SSSR count). The van der Waals surface area contributed by atoms with Crippen LogP contribution in [0, 0.1) is 0 Å². The molecule has 0 bridgehead atoms. The number of benzene rings is 1. The van der Waals surface area contributed by atoms with Crippen LogP contribution in [0.15, 0.2) is 34.9 Å². The molecule has 1 aromatic carbocycles. The fraction of sp³-hybridized carbons (Fsp3) is 0.471. The molecule has 1 fully saturated rings. The molecular formula is C17H22BrN3. The van der Waals surface area contributed by atoms with E-state index in [9.17, 15) is 0 Å². The second-order valence-corrected chi connectivity index (χ2v) is 7.06. The van der Waals surface area contributed by atoms with Crippen molar-refractivity contribution < 1.29 is 0 Å². The quantitative estimate of drug-likeness (QED) is 0.853. The number of hydrogen-bond acceptors (Lipinski definition) is 2. The third kappa shape index (κ3) is 3.74. The molecule has 1 aliphatic rings. The fourth-order valence-electron chi connectivity index (χ4n) is 2.60. The second kappa shape index (κ2) is 6.32. The lowest BCUT2D eigenvalue weighted by molar-refractivity contribution is 0.582. The van der Waals surface area contributed by atoms with Crippen LogP contribution in [0.4, 0.5) is 0 Å². The molecule has 0 spiro atoms. The Labute approximate surface area is 134 Å². The summed E-state index contributed by atoms with van der Waals surface area (Å²) < 4.78 is 3.31. The van der Waals surface area contributed by atoms with Gasteiger partial charge in [0.1, 0.15) is 0 Å². The highest BCUT2D eigenvalue weighted by atomic mass is 79.9. The van der Waals surface area contributed by atoms with E-state index in [0.717, 1.165) is 17.6 Å². The standard InChI is InChI=1S/C17H22BrN3/c1-12(2)19-9-15-10-20-21(17(15)14-5-6-14)11-13-3-7-16(18)8-4-13/h3-4,7-8,10,12,14,19H,5-6,9,11H2,1-2H3. The summed E-state index contributed by atoms with van der Waals surface area (Å²) in [6.07, 6.45) is 4.66. The lowest BCUT2D eigenvalue weighted by Crippen LogP contribution is -2.22. The first kappa shape index (κ1) is 14.8. The lowest BCUT2D eigenvalue weighted by Gasteiger charge is -2.11.